The van der Waals surface area contributed by atoms with Crippen molar-refractivity contribution in [3.8, 4) is 11.3 Å². The summed E-state index contributed by atoms with van der Waals surface area (Å²) in [5, 5.41) is 4.10. The second kappa shape index (κ2) is 7.18. The first-order valence-electron chi connectivity index (χ1n) is 8.77. The first kappa shape index (κ1) is 17.8. The summed E-state index contributed by atoms with van der Waals surface area (Å²) in [4.78, 5) is 35.5. The Morgan fingerprint density at radius 3 is 2.64 bits per heavy atom. The van der Waals surface area contributed by atoms with E-state index in [1.807, 2.05) is 25.1 Å². The number of aromatic nitrogens is 6. The van der Waals surface area contributed by atoms with Gasteiger partial charge in [0, 0.05) is 23.7 Å². The Hall–Kier alpha value is -3.62. The molecule has 0 spiro atoms. The first-order chi connectivity index (χ1) is 13.5. The fraction of sp³-hybridized carbons (Fsp3) is 0.211. The van der Waals surface area contributed by atoms with Crippen LogP contribution in [0.3, 0.4) is 0 Å². The Morgan fingerprint density at radius 1 is 1.21 bits per heavy atom. The summed E-state index contributed by atoms with van der Waals surface area (Å²) < 4.78 is 14.9. The minimum absolute atomic E-state index is 0.187. The Kier molecular flexibility index (Phi) is 4.56. The molecule has 4 aromatic heterocycles. The van der Waals surface area contributed by atoms with Crippen molar-refractivity contribution in [3.63, 3.8) is 0 Å². The first-order valence-corrected chi connectivity index (χ1v) is 8.77. The van der Waals surface area contributed by atoms with Crippen molar-refractivity contribution in [2.45, 2.75) is 25.7 Å². The number of imidazole rings is 1. The van der Waals surface area contributed by atoms with Crippen molar-refractivity contribution < 1.29 is 4.39 Å². The van der Waals surface area contributed by atoms with E-state index in [-0.39, 0.29) is 5.56 Å². The second-order valence-corrected chi connectivity index (χ2v) is 6.53. The molecule has 1 aliphatic carbocycles. The van der Waals surface area contributed by atoms with Gasteiger partial charge in [-0.2, -0.15) is 14.0 Å². The zero-order valence-electron chi connectivity index (χ0n) is 15.0. The summed E-state index contributed by atoms with van der Waals surface area (Å²) >= 11 is 0. The van der Waals surface area contributed by atoms with E-state index in [0.717, 1.165) is 34.8 Å². The third-order valence-corrected chi connectivity index (χ3v) is 4.38. The molecule has 1 saturated carbocycles. The van der Waals surface area contributed by atoms with E-state index in [2.05, 4.69) is 25.0 Å². The van der Waals surface area contributed by atoms with E-state index in [0.29, 0.717) is 17.3 Å². The molecule has 1 fully saturated rings. The van der Waals surface area contributed by atoms with Gasteiger partial charge in [0.2, 0.25) is 5.95 Å². The van der Waals surface area contributed by atoms with Crippen molar-refractivity contribution in [1.82, 2.24) is 29.5 Å². The number of fused-ring (bicyclic) bond motifs is 1. The Bertz CT molecular complexity index is 1240. The minimum atomic E-state index is -0.596. The molecule has 4 aromatic rings. The van der Waals surface area contributed by atoms with Crippen molar-refractivity contribution in [3.05, 3.63) is 80.9 Å². The summed E-state index contributed by atoms with van der Waals surface area (Å²) in [5.74, 6) is -0.271. The molecule has 0 bridgehead atoms. The minimum Gasteiger partial charge on any atom is -0.313 e. The Labute approximate surface area is 158 Å². The number of halogens is 1. The lowest BCUT2D eigenvalue weighted by Gasteiger charge is -2.06. The quantitative estimate of drug-likeness (QED) is 0.554. The molecule has 0 atom stereocenters. The number of aryl methyl sites for hydroxylation is 1. The van der Waals surface area contributed by atoms with Crippen LogP contribution in [0.1, 0.15) is 30.0 Å². The predicted octanol–water partition coefficient (Wildman–Crippen LogP) is 2.18. The summed E-state index contributed by atoms with van der Waals surface area (Å²) in [7, 11) is 0. The molecule has 0 aromatic carbocycles. The standard InChI is InChI=1S/C13H10FN5O2.C6H7N/c14-10-5-15-11-7(6-1-2-6)3-9(18-19(10)11)8-4-16-13(21)17-12(8)20;1-6-4-2-3-5-7-6/h3-6H,1-2H2,(H2,16,17,20,21);2-5H,1H3. The maximum absolute atomic E-state index is 13.8. The molecule has 4 heterocycles. The maximum Gasteiger partial charge on any atom is 0.325 e. The van der Waals surface area contributed by atoms with E-state index in [9.17, 15) is 14.0 Å². The lowest BCUT2D eigenvalue weighted by molar-refractivity contribution is 0.549. The number of nitrogens with one attached hydrogen (secondary N) is 2. The van der Waals surface area contributed by atoms with Crippen molar-refractivity contribution >= 4 is 5.65 Å². The van der Waals surface area contributed by atoms with Crippen LogP contribution < -0.4 is 11.2 Å². The number of rotatable bonds is 2. The number of pyridine rings is 1. The third kappa shape index (κ3) is 3.59. The summed E-state index contributed by atoms with van der Waals surface area (Å²) in [6, 6.07) is 7.59. The normalized spacial score (nSPS) is 13.2. The van der Waals surface area contributed by atoms with E-state index in [1.54, 1.807) is 12.3 Å². The molecule has 8 nitrogen and oxygen atoms in total. The molecular formula is C19H17FN6O2. The highest BCUT2D eigenvalue weighted by Crippen LogP contribution is 2.42. The predicted molar refractivity (Wildman–Crippen MR) is 101 cm³/mol. The van der Waals surface area contributed by atoms with E-state index < -0.39 is 17.2 Å². The highest BCUT2D eigenvalue weighted by atomic mass is 19.1. The monoisotopic (exact) mass is 380 g/mol. The Morgan fingerprint density at radius 2 is 2.04 bits per heavy atom. The Balaban J connectivity index is 0.000000233. The van der Waals surface area contributed by atoms with Gasteiger partial charge in [-0.3, -0.25) is 14.8 Å². The van der Waals surface area contributed by atoms with Crippen LogP contribution in [0.5, 0.6) is 0 Å². The van der Waals surface area contributed by atoms with Gasteiger partial charge < -0.3 is 4.98 Å². The molecule has 0 radical (unpaired) electrons. The highest BCUT2D eigenvalue weighted by molar-refractivity contribution is 5.62. The molecule has 9 heteroatoms. The van der Waals surface area contributed by atoms with Gasteiger partial charge in [0.15, 0.2) is 5.65 Å². The van der Waals surface area contributed by atoms with E-state index >= 15 is 0 Å². The smallest absolute Gasteiger partial charge is 0.313 e. The number of hydrogen-bond acceptors (Lipinski definition) is 5. The van der Waals surface area contributed by atoms with Crippen molar-refractivity contribution in [2.24, 2.45) is 0 Å². The molecule has 142 valence electrons. The van der Waals surface area contributed by atoms with Gasteiger partial charge in [-0.15, -0.1) is 0 Å². The van der Waals surface area contributed by atoms with Gasteiger partial charge in [0.05, 0.1) is 17.5 Å². The number of hydrogen-bond donors (Lipinski definition) is 2. The van der Waals surface area contributed by atoms with E-state index in [1.165, 1.54) is 6.20 Å². The zero-order chi connectivity index (χ0) is 19.7. The SMILES string of the molecule is Cc1ccccn1.O=c1[nH]cc(-c2cc(C3CC3)c3ncc(F)n3n2)c(=O)[nH]1. The van der Waals surface area contributed by atoms with Gasteiger partial charge in [-0.1, -0.05) is 6.07 Å². The lowest BCUT2D eigenvalue weighted by Crippen LogP contribution is -2.23. The van der Waals surface area contributed by atoms with Crippen LogP contribution in [0, 0.1) is 12.9 Å². The van der Waals surface area contributed by atoms with Crippen molar-refractivity contribution in [1.29, 1.82) is 0 Å². The van der Waals surface area contributed by atoms with Gasteiger partial charge >= 0.3 is 5.69 Å². The van der Waals surface area contributed by atoms with Gasteiger partial charge in [0.1, 0.15) is 0 Å². The third-order valence-electron chi connectivity index (χ3n) is 4.38. The molecule has 28 heavy (non-hydrogen) atoms. The van der Waals surface area contributed by atoms with Crippen LogP contribution in [0.25, 0.3) is 16.9 Å². The molecule has 0 aliphatic heterocycles. The summed E-state index contributed by atoms with van der Waals surface area (Å²) in [5.41, 5.74) is 1.75. The van der Waals surface area contributed by atoms with Gasteiger partial charge in [-0.25, -0.2) is 9.78 Å². The average Bonchev–Trinajstić information content (AvgIpc) is 3.46. The lowest BCUT2D eigenvalue weighted by atomic mass is 10.1. The molecule has 0 amide bonds. The average molecular weight is 380 g/mol. The molecular weight excluding hydrogens is 363 g/mol. The number of aromatic amines is 2. The highest BCUT2D eigenvalue weighted by Gasteiger charge is 2.28. The number of nitrogens with zero attached hydrogens (tertiary/aromatic N) is 4. The van der Waals surface area contributed by atoms with E-state index in [4.69, 9.17) is 0 Å². The molecule has 1 aliphatic rings. The van der Waals surface area contributed by atoms with Gasteiger partial charge in [-0.05, 0) is 43.9 Å². The van der Waals surface area contributed by atoms with Crippen LogP contribution >= 0.6 is 0 Å². The topological polar surface area (TPSA) is 109 Å². The zero-order valence-corrected chi connectivity index (χ0v) is 15.0. The summed E-state index contributed by atoms with van der Waals surface area (Å²) in [6.07, 6.45) is 6.19. The van der Waals surface area contributed by atoms with Gasteiger partial charge in [0.25, 0.3) is 5.56 Å². The summed E-state index contributed by atoms with van der Waals surface area (Å²) in [6.45, 7) is 1.97. The van der Waals surface area contributed by atoms with Crippen LogP contribution in [0.15, 0.2) is 52.4 Å². The van der Waals surface area contributed by atoms with Crippen LogP contribution in [0.2, 0.25) is 0 Å². The second-order valence-electron chi connectivity index (χ2n) is 6.53. The largest absolute Gasteiger partial charge is 0.325 e. The van der Waals surface area contributed by atoms with Crippen LogP contribution in [-0.2, 0) is 0 Å². The van der Waals surface area contributed by atoms with Crippen LogP contribution in [-0.4, -0.2) is 29.5 Å². The van der Waals surface area contributed by atoms with Crippen LogP contribution in [0.4, 0.5) is 4.39 Å². The number of H-pyrrole nitrogens is 2. The van der Waals surface area contributed by atoms with Crippen molar-refractivity contribution in [2.75, 3.05) is 0 Å². The fourth-order valence-electron chi connectivity index (χ4n) is 2.84. The molecule has 0 unspecified atom stereocenters. The molecule has 0 saturated heterocycles. The fourth-order valence-corrected chi connectivity index (χ4v) is 2.84. The molecule has 5 rings (SSSR count). The maximum atomic E-state index is 13.8. The molecule has 2 N–H and O–H groups in total.